The Labute approximate surface area is 141 Å². The number of halogens is 3. The van der Waals surface area contributed by atoms with E-state index in [1.807, 2.05) is 0 Å². The highest BCUT2D eigenvalue weighted by atomic mass is 19.4. The van der Waals surface area contributed by atoms with E-state index in [0.717, 1.165) is 0 Å². The number of hydrogen-bond donors (Lipinski definition) is 2. The van der Waals surface area contributed by atoms with E-state index in [0.29, 0.717) is 17.1 Å². The van der Waals surface area contributed by atoms with Gasteiger partial charge in [-0.2, -0.15) is 13.2 Å². The molecule has 0 spiro atoms. The number of amides is 1. The van der Waals surface area contributed by atoms with Crippen molar-refractivity contribution in [3.8, 4) is 11.5 Å². The topological polar surface area (TPSA) is 94.1 Å². The van der Waals surface area contributed by atoms with Crippen LogP contribution in [0, 0.1) is 0 Å². The molecule has 1 unspecified atom stereocenters. The van der Waals surface area contributed by atoms with Crippen LogP contribution in [-0.4, -0.2) is 50.6 Å². The molecule has 10 heteroatoms. The number of carboxylic acid groups (broad SMARTS) is 1. The molecule has 0 aliphatic heterocycles. The highest BCUT2D eigenvalue weighted by Crippen LogP contribution is 2.31. The van der Waals surface area contributed by atoms with Crippen molar-refractivity contribution in [3.05, 3.63) is 23.8 Å². The van der Waals surface area contributed by atoms with Crippen molar-refractivity contribution in [2.75, 3.05) is 27.4 Å². The second kappa shape index (κ2) is 9.11. The van der Waals surface area contributed by atoms with Crippen molar-refractivity contribution in [2.24, 2.45) is 0 Å². The predicted molar refractivity (Wildman–Crippen MR) is 79.6 cm³/mol. The van der Waals surface area contributed by atoms with Crippen LogP contribution in [-0.2, 0) is 14.3 Å². The van der Waals surface area contributed by atoms with Crippen LogP contribution < -0.4 is 14.8 Å². The van der Waals surface area contributed by atoms with Crippen LogP contribution in [0.25, 0.3) is 0 Å². The van der Waals surface area contributed by atoms with Gasteiger partial charge in [0, 0.05) is 0 Å². The van der Waals surface area contributed by atoms with E-state index in [1.54, 1.807) is 0 Å². The average molecular weight is 365 g/mol. The number of carboxylic acids is 1. The smallest absolute Gasteiger partial charge is 0.411 e. The standard InChI is InChI=1S/C15H18F3NO6/c1-23-11-4-3-9(5-12(11)24-2)10(6-14(21)22)19-13(20)7-25-8-15(16,17)18/h3-5,10H,6-8H2,1-2H3,(H,19,20)(H,21,22). The van der Waals surface area contributed by atoms with Crippen molar-refractivity contribution in [3.63, 3.8) is 0 Å². The summed E-state index contributed by atoms with van der Waals surface area (Å²) in [5.74, 6) is -1.35. The van der Waals surface area contributed by atoms with E-state index >= 15 is 0 Å². The Balaban J connectivity index is 2.83. The van der Waals surface area contributed by atoms with Gasteiger partial charge in [0.1, 0.15) is 13.2 Å². The second-order valence-corrected chi connectivity index (χ2v) is 4.94. The molecule has 0 aliphatic rings. The summed E-state index contributed by atoms with van der Waals surface area (Å²) in [6.45, 7) is -2.41. The number of alkyl halides is 3. The molecular formula is C15H18F3NO6. The molecule has 0 heterocycles. The predicted octanol–water partition coefficient (Wildman–Crippen LogP) is 1.91. The van der Waals surface area contributed by atoms with E-state index in [9.17, 15) is 22.8 Å². The Morgan fingerprint density at radius 1 is 1.20 bits per heavy atom. The largest absolute Gasteiger partial charge is 0.493 e. The summed E-state index contributed by atoms with van der Waals surface area (Å²) in [5, 5.41) is 11.3. The molecule has 1 aromatic rings. The summed E-state index contributed by atoms with van der Waals surface area (Å²) in [7, 11) is 2.81. The van der Waals surface area contributed by atoms with Crippen LogP contribution in [0.2, 0.25) is 0 Å². The Morgan fingerprint density at radius 3 is 2.36 bits per heavy atom. The number of carbonyl (C=O) groups is 2. The highest BCUT2D eigenvalue weighted by Gasteiger charge is 2.28. The number of nitrogens with one attached hydrogen (secondary N) is 1. The maximum atomic E-state index is 12.0. The summed E-state index contributed by atoms with van der Waals surface area (Å²) in [6, 6.07) is 3.55. The van der Waals surface area contributed by atoms with Crippen molar-refractivity contribution < 1.29 is 42.1 Å². The molecule has 0 aliphatic carbocycles. The van der Waals surface area contributed by atoms with Crippen LogP contribution in [0.1, 0.15) is 18.0 Å². The van der Waals surface area contributed by atoms with Crippen LogP contribution in [0.15, 0.2) is 18.2 Å². The fourth-order valence-corrected chi connectivity index (χ4v) is 1.99. The van der Waals surface area contributed by atoms with Gasteiger partial charge in [0.15, 0.2) is 11.5 Å². The average Bonchev–Trinajstić information content (AvgIpc) is 2.51. The first-order chi connectivity index (χ1) is 11.7. The third-order valence-corrected chi connectivity index (χ3v) is 3.02. The molecule has 0 bridgehead atoms. The molecule has 140 valence electrons. The monoisotopic (exact) mass is 365 g/mol. The zero-order valence-corrected chi connectivity index (χ0v) is 13.6. The number of carbonyl (C=O) groups excluding carboxylic acids is 1. The number of benzene rings is 1. The third-order valence-electron chi connectivity index (χ3n) is 3.02. The van der Waals surface area contributed by atoms with E-state index < -0.39 is 43.7 Å². The maximum absolute atomic E-state index is 12.0. The molecular weight excluding hydrogens is 347 g/mol. The lowest BCUT2D eigenvalue weighted by atomic mass is 10.0. The maximum Gasteiger partial charge on any atom is 0.411 e. The SMILES string of the molecule is COc1ccc(C(CC(=O)O)NC(=O)COCC(F)(F)F)cc1OC. The molecule has 1 amide bonds. The van der Waals surface area contributed by atoms with Gasteiger partial charge >= 0.3 is 12.1 Å². The van der Waals surface area contributed by atoms with Crippen LogP contribution in [0.5, 0.6) is 11.5 Å². The molecule has 2 N–H and O–H groups in total. The Hall–Kier alpha value is -2.49. The first kappa shape index (κ1) is 20.6. The minimum absolute atomic E-state index is 0.318. The van der Waals surface area contributed by atoms with Crippen LogP contribution >= 0.6 is 0 Å². The van der Waals surface area contributed by atoms with Gasteiger partial charge in [-0.05, 0) is 17.7 Å². The lowest BCUT2D eigenvalue weighted by Gasteiger charge is -2.19. The Bertz CT molecular complexity index is 605. The van der Waals surface area contributed by atoms with Crippen molar-refractivity contribution in [1.82, 2.24) is 5.32 Å². The molecule has 1 rings (SSSR count). The molecule has 7 nitrogen and oxygen atoms in total. The number of hydrogen-bond acceptors (Lipinski definition) is 5. The lowest BCUT2D eigenvalue weighted by Crippen LogP contribution is -2.34. The van der Waals surface area contributed by atoms with Crippen LogP contribution in [0.4, 0.5) is 13.2 Å². The van der Waals surface area contributed by atoms with Gasteiger partial charge in [0.25, 0.3) is 0 Å². The van der Waals surface area contributed by atoms with Gasteiger partial charge < -0.3 is 24.6 Å². The first-order valence-corrected chi connectivity index (χ1v) is 7.04. The molecule has 0 saturated heterocycles. The van der Waals surface area contributed by atoms with Gasteiger partial charge in [-0.1, -0.05) is 6.07 Å². The molecule has 1 atom stereocenters. The van der Waals surface area contributed by atoms with Crippen molar-refractivity contribution in [1.29, 1.82) is 0 Å². The first-order valence-electron chi connectivity index (χ1n) is 7.04. The quantitative estimate of drug-likeness (QED) is 0.694. The molecule has 0 radical (unpaired) electrons. The molecule has 0 aromatic heterocycles. The minimum atomic E-state index is -4.55. The fraction of sp³-hybridized carbons (Fsp3) is 0.467. The minimum Gasteiger partial charge on any atom is -0.493 e. The summed E-state index contributed by atoms with van der Waals surface area (Å²) in [4.78, 5) is 22.7. The summed E-state index contributed by atoms with van der Waals surface area (Å²) >= 11 is 0. The Kier molecular flexibility index (Phi) is 7.49. The van der Waals surface area contributed by atoms with Gasteiger partial charge in [0.05, 0.1) is 26.7 Å². The van der Waals surface area contributed by atoms with Crippen LogP contribution in [0.3, 0.4) is 0 Å². The van der Waals surface area contributed by atoms with E-state index in [-0.39, 0.29) is 0 Å². The van der Waals surface area contributed by atoms with E-state index in [2.05, 4.69) is 10.1 Å². The molecule has 25 heavy (non-hydrogen) atoms. The normalized spacial score (nSPS) is 12.4. The van der Waals surface area contributed by atoms with E-state index in [4.69, 9.17) is 14.6 Å². The number of aliphatic carboxylic acids is 1. The van der Waals surface area contributed by atoms with Gasteiger partial charge in [0.2, 0.25) is 5.91 Å². The Morgan fingerprint density at radius 2 is 1.84 bits per heavy atom. The third kappa shape index (κ3) is 7.29. The molecule has 1 aromatic carbocycles. The van der Waals surface area contributed by atoms with E-state index in [1.165, 1.54) is 32.4 Å². The lowest BCUT2D eigenvalue weighted by molar-refractivity contribution is -0.175. The molecule has 0 saturated carbocycles. The summed E-state index contributed by atoms with van der Waals surface area (Å²) in [6.07, 6.45) is -5.02. The molecule has 0 fully saturated rings. The zero-order valence-electron chi connectivity index (χ0n) is 13.6. The van der Waals surface area contributed by atoms with Gasteiger partial charge in [-0.3, -0.25) is 9.59 Å². The number of rotatable bonds is 9. The second-order valence-electron chi connectivity index (χ2n) is 4.94. The summed E-state index contributed by atoms with van der Waals surface area (Å²) < 4.78 is 50.4. The van der Waals surface area contributed by atoms with Gasteiger partial charge in [-0.25, -0.2) is 0 Å². The summed E-state index contributed by atoms with van der Waals surface area (Å²) in [5.41, 5.74) is 0.393. The zero-order chi connectivity index (χ0) is 19.0. The van der Waals surface area contributed by atoms with Crippen molar-refractivity contribution in [2.45, 2.75) is 18.6 Å². The highest BCUT2D eigenvalue weighted by molar-refractivity contribution is 5.79. The van der Waals surface area contributed by atoms with Crippen molar-refractivity contribution >= 4 is 11.9 Å². The fourth-order valence-electron chi connectivity index (χ4n) is 1.99. The van der Waals surface area contributed by atoms with Gasteiger partial charge in [-0.15, -0.1) is 0 Å². The number of ether oxygens (including phenoxy) is 3. The number of methoxy groups -OCH3 is 2.